The van der Waals surface area contributed by atoms with E-state index in [4.69, 9.17) is 10.5 Å². The van der Waals surface area contributed by atoms with Crippen LogP contribution in [0.4, 0.5) is 0 Å². The molecule has 1 spiro atoms. The SMILES string of the molecule is NCCN1CC2(CCOCC2)C1. The second-order valence-electron chi connectivity index (χ2n) is 4.11. The van der Waals surface area contributed by atoms with Gasteiger partial charge in [-0.25, -0.2) is 0 Å². The Balaban J connectivity index is 1.77. The van der Waals surface area contributed by atoms with Gasteiger partial charge in [-0.1, -0.05) is 0 Å². The molecule has 0 unspecified atom stereocenters. The number of hydrogen-bond acceptors (Lipinski definition) is 3. The highest BCUT2D eigenvalue weighted by Gasteiger charge is 2.42. The Morgan fingerprint density at radius 3 is 2.50 bits per heavy atom. The zero-order valence-corrected chi connectivity index (χ0v) is 7.59. The van der Waals surface area contributed by atoms with E-state index in [9.17, 15) is 0 Å². The Kier molecular flexibility index (Phi) is 2.35. The van der Waals surface area contributed by atoms with Gasteiger partial charge in [0, 0.05) is 44.8 Å². The van der Waals surface area contributed by atoms with Crippen LogP contribution in [0.15, 0.2) is 0 Å². The van der Waals surface area contributed by atoms with Crippen molar-refractivity contribution in [3.05, 3.63) is 0 Å². The molecule has 0 bridgehead atoms. The number of nitrogens with two attached hydrogens (primary N) is 1. The molecule has 12 heavy (non-hydrogen) atoms. The molecule has 2 fully saturated rings. The van der Waals surface area contributed by atoms with Crippen LogP contribution in [0.3, 0.4) is 0 Å². The van der Waals surface area contributed by atoms with Crippen molar-refractivity contribution in [3.63, 3.8) is 0 Å². The summed E-state index contributed by atoms with van der Waals surface area (Å²) in [6.07, 6.45) is 2.52. The minimum atomic E-state index is 0.618. The molecule has 2 N–H and O–H groups in total. The second-order valence-corrected chi connectivity index (χ2v) is 4.11. The molecule has 0 aliphatic carbocycles. The van der Waals surface area contributed by atoms with Crippen molar-refractivity contribution in [2.45, 2.75) is 12.8 Å². The summed E-state index contributed by atoms with van der Waals surface area (Å²) in [7, 11) is 0. The molecule has 0 aromatic carbocycles. The van der Waals surface area contributed by atoms with E-state index in [0.717, 1.165) is 26.3 Å². The first-order chi connectivity index (χ1) is 5.85. The predicted molar refractivity (Wildman–Crippen MR) is 48.0 cm³/mol. The summed E-state index contributed by atoms with van der Waals surface area (Å²) in [6.45, 7) is 6.32. The average Bonchev–Trinajstić information content (AvgIpc) is 2.04. The lowest BCUT2D eigenvalue weighted by Crippen LogP contribution is -2.59. The highest BCUT2D eigenvalue weighted by atomic mass is 16.5. The molecule has 2 aliphatic rings. The lowest BCUT2D eigenvalue weighted by molar-refractivity contribution is -0.0790. The molecule has 3 heteroatoms. The van der Waals surface area contributed by atoms with E-state index in [2.05, 4.69) is 4.90 Å². The van der Waals surface area contributed by atoms with Crippen LogP contribution in [-0.4, -0.2) is 44.3 Å². The first kappa shape index (κ1) is 8.48. The highest BCUT2D eigenvalue weighted by Crippen LogP contribution is 2.39. The lowest BCUT2D eigenvalue weighted by Gasteiger charge is -2.52. The van der Waals surface area contributed by atoms with Gasteiger partial charge in [-0.15, -0.1) is 0 Å². The normalized spacial score (nSPS) is 28.8. The Morgan fingerprint density at radius 2 is 1.92 bits per heavy atom. The summed E-state index contributed by atoms with van der Waals surface area (Å²) in [6, 6.07) is 0. The summed E-state index contributed by atoms with van der Waals surface area (Å²) in [5, 5.41) is 0. The molecule has 0 amide bonds. The molecule has 0 aromatic rings. The maximum atomic E-state index is 5.49. The van der Waals surface area contributed by atoms with Gasteiger partial charge in [0.15, 0.2) is 0 Å². The van der Waals surface area contributed by atoms with Gasteiger partial charge in [0.25, 0.3) is 0 Å². The van der Waals surface area contributed by atoms with Crippen LogP contribution in [0, 0.1) is 5.41 Å². The maximum Gasteiger partial charge on any atom is 0.0472 e. The predicted octanol–water partition coefficient (Wildman–Crippen LogP) is 0.0575. The van der Waals surface area contributed by atoms with Gasteiger partial charge >= 0.3 is 0 Å². The minimum absolute atomic E-state index is 0.618. The fourth-order valence-corrected chi connectivity index (χ4v) is 2.36. The molecule has 2 heterocycles. The van der Waals surface area contributed by atoms with Crippen LogP contribution in [0.1, 0.15) is 12.8 Å². The second kappa shape index (κ2) is 3.32. The van der Waals surface area contributed by atoms with Crippen molar-refractivity contribution >= 4 is 0 Å². The number of ether oxygens (including phenoxy) is 1. The molecule has 3 nitrogen and oxygen atoms in total. The lowest BCUT2D eigenvalue weighted by atomic mass is 9.73. The third-order valence-corrected chi connectivity index (χ3v) is 3.12. The smallest absolute Gasteiger partial charge is 0.0472 e. The zero-order chi connectivity index (χ0) is 8.44. The van der Waals surface area contributed by atoms with Gasteiger partial charge in [-0.05, 0) is 12.8 Å². The average molecular weight is 170 g/mol. The van der Waals surface area contributed by atoms with Gasteiger partial charge in [0.1, 0.15) is 0 Å². The molecule has 0 radical (unpaired) electrons. The van der Waals surface area contributed by atoms with Crippen LogP contribution in [0.5, 0.6) is 0 Å². The van der Waals surface area contributed by atoms with Gasteiger partial charge < -0.3 is 15.4 Å². The first-order valence-corrected chi connectivity index (χ1v) is 4.85. The van der Waals surface area contributed by atoms with E-state index in [1.165, 1.54) is 25.9 Å². The van der Waals surface area contributed by atoms with E-state index >= 15 is 0 Å². The molecule has 70 valence electrons. The van der Waals surface area contributed by atoms with Crippen molar-refractivity contribution < 1.29 is 4.74 Å². The fraction of sp³-hybridized carbons (Fsp3) is 1.00. The Hall–Kier alpha value is -0.120. The van der Waals surface area contributed by atoms with Gasteiger partial charge in [0.2, 0.25) is 0 Å². The number of rotatable bonds is 2. The molecule has 2 aliphatic heterocycles. The summed E-state index contributed by atoms with van der Waals surface area (Å²) in [4.78, 5) is 2.45. The molecule has 2 rings (SSSR count). The quantitative estimate of drug-likeness (QED) is 0.637. The summed E-state index contributed by atoms with van der Waals surface area (Å²) >= 11 is 0. The van der Waals surface area contributed by atoms with E-state index in [1.807, 2.05) is 0 Å². The van der Waals surface area contributed by atoms with Gasteiger partial charge in [-0.2, -0.15) is 0 Å². The highest BCUT2D eigenvalue weighted by molar-refractivity contribution is 4.95. The molecule has 2 saturated heterocycles. The van der Waals surface area contributed by atoms with E-state index < -0.39 is 0 Å². The van der Waals surface area contributed by atoms with Crippen LogP contribution in [0.25, 0.3) is 0 Å². The monoisotopic (exact) mass is 170 g/mol. The van der Waals surface area contributed by atoms with Crippen molar-refractivity contribution in [1.82, 2.24) is 4.90 Å². The number of nitrogens with zero attached hydrogens (tertiary/aromatic N) is 1. The maximum absolute atomic E-state index is 5.49. The van der Waals surface area contributed by atoms with Crippen molar-refractivity contribution in [1.29, 1.82) is 0 Å². The fourth-order valence-electron chi connectivity index (χ4n) is 2.36. The Labute approximate surface area is 73.9 Å². The van der Waals surface area contributed by atoms with Gasteiger partial charge in [0.05, 0.1) is 0 Å². The number of likely N-dealkylation sites (tertiary alicyclic amines) is 1. The van der Waals surface area contributed by atoms with Gasteiger partial charge in [-0.3, -0.25) is 0 Å². The zero-order valence-electron chi connectivity index (χ0n) is 7.59. The largest absolute Gasteiger partial charge is 0.381 e. The summed E-state index contributed by atoms with van der Waals surface area (Å²) in [5.41, 5.74) is 6.11. The molecular weight excluding hydrogens is 152 g/mol. The molecule has 0 atom stereocenters. The van der Waals surface area contributed by atoms with Crippen molar-refractivity contribution in [2.75, 3.05) is 39.4 Å². The van der Waals surface area contributed by atoms with Crippen LogP contribution >= 0.6 is 0 Å². The first-order valence-electron chi connectivity index (χ1n) is 4.85. The van der Waals surface area contributed by atoms with Crippen LogP contribution in [-0.2, 0) is 4.74 Å². The third kappa shape index (κ3) is 1.49. The standard InChI is InChI=1S/C9H18N2O/c10-3-4-11-7-9(8-11)1-5-12-6-2-9/h1-8,10H2. The van der Waals surface area contributed by atoms with Crippen LogP contribution < -0.4 is 5.73 Å². The number of hydrogen-bond donors (Lipinski definition) is 1. The van der Waals surface area contributed by atoms with Crippen molar-refractivity contribution in [2.24, 2.45) is 11.1 Å². The minimum Gasteiger partial charge on any atom is -0.381 e. The summed E-state index contributed by atoms with van der Waals surface area (Å²) in [5.74, 6) is 0. The molecular formula is C9H18N2O. The topological polar surface area (TPSA) is 38.5 Å². The Bertz CT molecular complexity index is 147. The van der Waals surface area contributed by atoms with E-state index in [0.29, 0.717) is 5.41 Å². The summed E-state index contributed by atoms with van der Waals surface area (Å²) < 4.78 is 5.35. The van der Waals surface area contributed by atoms with E-state index in [-0.39, 0.29) is 0 Å². The molecule has 0 aromatic heterocycles. The van der Waals surface area contributed by atoms with Crippen LogP contribution in [0.2, 0.25) is 0 Å². The third-order valence-electron chi connectivity index (χ3n) is 3.12. The van der Waals surface area contributed by atoms with E-state index in [1.54, 1.807) is 0 Å². The van der Waals surface area contributed by atoms with Crippen molar-refractivity contribution in [3.8, 4) is 0 Å². The molecule has 0 saturated carbocycles. The Morgan fingerprint density at radius 1 is 1.25 bits per heavy atom.